The van der Waals surface area contributed by atoms with Gasteiger partial charge in [0.05, 0.1) is 5.56 Å². The molecule has 1 saturated carbocycles. The van der Waals surface area contributed by atoms with Crippen LogP contribution < -0.4 is 15.8 Å². The van der Waals surface area contributed by atoms with Crippen molar-refractivity contribution >= 4 is 17.8 Å². The predicted molar refractivity (Wildman–Crippen MR) is 95.5 cm³/mol. The molecule has 7 nitrogen and oxygen atoms in total. The Morgan fingerprint density at radius 2 is 1.81 bits per heavy atom. The molecule has 3 atom stereocenters. The third kappa shape index (κ3) is 5.75. The van der Waals surface area contributed by atoms with Gasteiger partial charge in [0, 0.05) is 6.04 Å². The summed E-state index contributed by atoms with van der Waals surface area (Å²) in [5, 5.41) is 2.96. The van der Waals surface area contributed by atoms with Crippen molar-refractivity contribution < 1.29 is 23.9 Å². The van der Waals surface area contributed by atoms with Gasteiger partial charge in [-0.1, -0.05) is 26.7 Å². The molecule has 0 unspecified atom stereocenters. The normalized spacial score (nSPS) is 22.3. The van der Waals surface area contributed by atoms with Gasteiger partial charge in [-0.2, -0.15) is 0 Å². The summed E-state index contributed by atoms with van der Waals surface area (Å²) >= 11 is 0. The summed E-state index contributed by atoms with van der Waals surface area (Å²) in [6.45, 7) is 3.79. The van der Waals surface area contributed by atoms with E-state index in [1.807, 2.05) is 0 Å². The summed E-state index contributed by atoms with van der Waals surface area (Å²) in [4.78, 5) is 34.7. The van der Waals surface area contributed by atoms with Crippen LogP contribution in [0.2, 0.25) is 0 Å². The second-order valence-electron chi connectivity index (χ2n) is 6.80. The molecule has 0 radical (unpaired) electrons. The molecule has 0 bridgehead atoms. The number of esters is 1. The highest BCUT2D eigenvalue weighted by Gasteiger charge is 2.28. The van der Waals surface area contributed by atoms with Crippen LogP contribution in [0.15, 0.2) is 24.3 Å². The molecular weight excluding hydrogens is 336 g/mol. The van der Waals surface area contributed by atoms with E-state index < -0.39 is 11.9 Å². The molecule has 0 heterocycles. The van der Waals surface area contributed by atoms with Crippen molar-refractivity contribution in [1.82, 2.24) is 5.32 Å². The Kier molecular flexibility index (Phi) is 7.00. The number of benzene rings is 1. The Bertz CT molecular complexity index is 644. The molecule has 2 rings (SSSR count). The summed E-state index contributed by atoms with van der Waals surface area (Å²) in [7, 11) is 0. The van der Waals surface area contributed by atoms with E-state index in [-0.39, 0.29) is 25.2 Å². The van der Waals surface area contributed by atoms with E-state index in [1.165, 1.54) is 30.7 Å². The molecule has 1 fully saturated rings. The topological polar surface area (TPSA) is 108 Å². The van der Waals surface area contributed by atoms with Gasteiger partial charge in [0.25, 0.3) is 11.8 Å². The molecule has 0 saturated heterocycles. The van der Waals surface area contributed by atoms with E-state index in [1.54, 1.807) is 0 Å². The zero-order valence-corrected chi connectivity index (χ0v) is 15.2. The highest BCUT2D eigenvalue weighted by molar-refractivity contribution is 5.91. The summed E-state index contributed by atoms with van der Waals surface area (Å²) in [6, 6.07) is 6.20. The van der Waals surface area contributed by atoms with E-state index in [4.69, 9.17) is 15.2 Å². The fourth-order valence-corrected chi connectivity index (χ4v) is 3.09. The molecule has 7 heteroatoms. The lowest BCUT2D eigenvalue weighted by atomic mass is 9.78. The SMILES string of the molecule is C[C@@H]1[C@H](C)CCC[C@@H]1NC(=O)COC(=O)c1ccc(OCC(N)=O)cc1. The van der Waals surface area contributed by atoms with E-state index >= 15 is 0 Å². The van der Waals surface area contributed by atoms with Gasteiger partial charge in [0.2, 0.25) is 0 Å². The summed E-state index contributed by atoms with van der Waals surface area (Å²) in [5.74, 6) is -0.0553. The predicted octanol–water partition coefficient (Wildman–Crippen LogP) is 1.65. The first-order valence-corrected chi connectivity index (χ1v) is 8.84. The van der Waals surface area contributed by atoms with Gasteiger partial charge in [0.15, 0.2) is 13.2 Å². The minimum atomic E-state index is -0.591. The molecule has 1 aliphatic carbocycles. The Hall–Kier alpha value is -2.57. The van der Waals surface area contributed by atoms with Crippen LogP contribution in [0.1, 0.15) is 43.5 Å². The summed E-state index contributed by atoms with van der Waals surface area (Å²) in [5.41, 5.74) is 5.29. The van der Waals surface area contributed by atoms with Crippen LogP contribution in [0.3, 0.4) is 0 Å². The minimum Gasteiger partial charge on any atom is -0.484 e. The van der Waals surface area contributed by atoms with E-state index in [0.717, 1.165) is 12.8 Å². The average Bonchev–Trinajstić information content (AvgIpc) is 2.62. The number of primary amides is 1. The highest BCUT2D eigenvalue weighted by Crippen LogP contribution is 2.29. The smallest absolute Gasteiger partial charge is 0.338 e. The number of carbonyl (C=O) groups is 3. The Labute approximate surface area is 153 Å². The number of nitrogens with two attached hydrogens (primary N) is 1. The number of ether oxygens (including phenoxy) is 2. The fraction of sp³-hybridized carbons (Fsp3) is 0.526. The molecule has 26 heavy (non-hydrogen) atoms. The van der Waals surface area contributed by atoms with Gasteiger partial charge >= 0.3 is 5.97 Å². The number of amides is 2. The molecule has 1 aromatic rings. The summed E-state index contributed by atoms with van der Waals surface area (Å²) in [6.07, 6.45) is 3.24. The molecular formula is C19H26N2O5. The van der Waals surface area contributed by atoms with E-state index in [0.29, 0.717) is 23.1 Å². The first-order valence-electron chi connectivity index (χ1n) is 8.84. The van der Waals surface area contributed by atoms with Gasteiger partial charge in [-0.15, -0.1) is 0 Å². The molecule has 1 aliphatic rings. The van der Waals surface area contributed by atoms with E-state index in [9.17, 15) is 14.4 Å². The van der Waals surface area contributed by atoms with Crippen LogP contribution in [-0.2, 0) is 14.3 Å². The first kappa shape index (κ1) is 19.8. The number of nitrogens with one attached hydrogen (secondary N) is 1. The maximum Gasteiger partial charge on any atom is 0.338 e. The van der Waals surface area contributed by atoms with Crippen LogP contribution in [0.4, 0.5) is 0 Å². The van der Waals surface area contributed by atoms with Gasteiger partial charge < -0.3 is 20.5 Å². The van der Waals surface area contributed by atoms with Gasteiger partial charge in [0.1, 0.15) is 5.75 Å². The van der Waals surface area contributed by atoms with Gasteiger partial charge in [-0.05, 0) is 42.5 Å². The third-order valence-electron chi connectivity index (χ3n) is 4.86. The number of hydrogen-bond donors (Lipinski definition) is 2. The monoisotopic (exact) mass is 362 g/mol. The zero-order chi connectivity index (χ0) is 19.1. The van der Waals surface area contributed by atoms with Crippen LogP contribution >= 0.6 is 0 Å². The number of carbonyl (C=O) groups excluding carboxylic acids is 3. The van der Waals surface area contributed by atoms with Crippen molar-refractivity contribution in [1.29, 1.82) is 0 Å². The largest absolute Gasteiger partial charge is 0.484 e. The third-order valence-corrected chi connectivity index (χ3v) is 4.86. The first-order chi connectivity index (χ1) is 12.4. The Morgan fingerprint density at radius 1 is 1.12 bits per heavy atom. The van der Waals surface area contributed by atoms with Crippen molar-refractivity contribution in [3.63, 3.8) is 0 Å². The van der Waals surface area contributed by atoms with Crippen molar-refractivity contribution in [2.75, 3.05) is 13.2 Å². The molecule has 0 aliphatic heterocycles. The molecule has 0 aromatic heterocycles. The van der Waals surface area contributed by atoms with Crippen LogP contribution in [0, 0.1) is 11.8 Å². The standard InChI is InChI=1S/C19H26N2O5/c1-12-4-3-5-16(13(12)2)21-18(23)11-26-19(24)14-6-8-15(9-7-14)25-10-17(20)22/h6-9,12-13,16H,3-5,10-11H2,1-2H3,(H2,20,22)(H,21,23)/t12-,13-,16+/m1/s1. The van der Waals surface area contributed by atoms with Crippen LogP contribution in [0.25, 0.3) is 0 Å². The number of rotatable bonds is 7. The average molecular weight is 362 g/mol. The minimum absolute atomic E-state index is 0.131. The lowest BCUT2D eigenvalue weighted by Gasteiger charge is -2.34. The molecule has 3 N–H and O–H groups in total. The van der Waals surface area contributed by atoms with Crippen molar-refractivity contribution in [2.24, 2.45) is 17.6 Å². The van der Waals surface area contributed by atoms with Crippen LogP contribution in [-0.4, -0.2) is 37.0 Å². The summed E-state index contributed by atoms with van der Waals surface area (Å²) < 4.78 is 10.2. The number of hydrogen-bond acceptors (Lipinski definition) is 5. The van der Waals surface area contributed by atoms with Crippen LogP contribution in [0.5, 0.6) is 5.75 Å². The van der Waals surface area contributed by atoms with Gasteiger partial charge in [-0.3, -0.25) is 9.59 Å². The molecule has 2 amide bonds. The second-order valence-corrected chi connectivity index (χ2v) is 6.80. The Balaban J connectivity index is 1.78. The van der Waals surface area contributed by atoms with Crippen molar-refractivity contribution in [3.8, 4) is 5.75 Å². The highest BCUT2D eigenvalue weighted by atomic mass is 16.5. The van der Waals surface area contributed by atoms with E-state index in [2.05, 4.69) is 19.2 Å². The molecule has 1 aromatic carbocycles. The maximum atomic E-state index is 12.1. The molecule has 142 valence electrons. The zero-order valence-electron chi connectivity index (χ0n) is 15.2. The lowest BCUT2D eigenvalue weighted by Crippen LogP contribution is -2.45. The van der Waals surface area contributed by atoms with Crippen molar-refractivity contribution in [3.05, 3.63) is 29.8 Å². The van der Waals surface area contributed by atoms with Gasteiger partial charge in [-0.25, -0.2) is 4.79 Å². The molecule has 0 spiro atoms. The van der Waals surface area contributed by atoms with Crippen molar-refractivity contribution in [2.45, 2.75) is 39.2 Å². The fourth-order valence-electron chi connectivity index (χ4n) is 3.09. The lowest BCUT2D eigenvalue weighted by molar-refractivity contribution is -0.125. The maximum absolute atomic E-state index is 12.1. The quantitative estimate of drug-likeness (QED) is 0.717. The second kappa shape index (κ2) is 9.22. The Morgan fingerprint density at radius 3 is 2.46 bits per heavy atom.